The molecule has 2 rings (SSSR count). The monoisotopic (exact) mass is 287 g/mol. The zero-order valence-electron chi connectivity index (χ0n) is 13.5. The first kappa shape index (κ1) is 16.1. The molecule has 0 amide bonds. The Bertz CT molecular complexity index is 517. The van der Waals surface area contributed by atoms with E-state index in [2.05, 4.69) is 24.4 Å². The van der Waals surface area contributed by atoms with Crippen molar-refractivity contribution in [1.82, 2.24) is 5.32 Å². The molecule has 0 saturated carbocycles. The summed E-state index contributed by atoms with van der Waals surface area (Å²) in [4.78, 5) is 0. The Balaban J connectivity index is 1.80. The highest BCUT2D eigenvalue weighted by Crippen LogP contribution is 2.29. The quantitative estimate of drug-likeness (QED) is 0.556. The van der Waals surface area contributed by atoms with Crippen molar-refractivity contribution < 1.29 is 4.42 Å². The van der Waals surface area contributed by atoms with Crippen LogP contribution in [0.25, 0.3) is 11.0 Å². The summed E-state index contributed by atoms with van der Waals surface area (Å²) in [5, 5.41) is 4.70. The van der Waals surface area contributed by atoms with E-state index in [1.807, 2.05) is 25.4 Å². The molecule has 116 valence electrons. The highest BCUT2D eigenvalue weighted by molar-refractivity contribution is 5.81. The summed E-state index contributed by atoms with van der Waals surface area (Å²) in [5.41, 5.74) is 2.30. The Hall–Kier alpha value is -1.28. The van der Waals surface area contributed by atoms with Crippen molar-refractivity contribution in [1.29, 1.82) is 0 Å². The number of nitrogens with one attached hydrogen (secondary N) is 1. The molecule has 2 aromatic rings. The van der Waals surface area contributed by atoms with E-state index >= 15 is 0 Å². The summed E-state index contributed by atoms with van der Waals surface area (Å²) in [6, 6.07) is 8.72. The molecule has 0 aliphatic heterocycles. The predicted octanol–water partition coefficient (Wildman–Crippen LogP) is 5.83. The maximum Gasteiger partial charge on any atom is 0.134 e. The van der Waals surface area contributed by atoms with E-state index in [0.717, 1.165) is 5.58 Å². The van der Waals surface area contributed by atoms with E-state index in [1.54, 1.807) is 0 Å². The number of furan rings is 1. The third-order valence-corrected chi connectivity index (χ3v) is 4.33. The van der Waals surface area contributed by atoms with Gasteiger partial charge in [-0.3, -0.25) is 0 Å². The number of benzene rings is 1. The second kappa shape index (κ2) is 8.89. The van der Waals surface area contributed by atoms with Gasteiger partial charge in [-0.2, -0.15) is 0 Å². The minimum Gasteiger partial charge on any atom is -0.464 e. The summed E-state index contributed by atoms with van der Waals surface area (Å²) in [6.07, 6.45) is 12.6. The lowest BCUT2D eigenvalue weighted by atomic mass is 9.99. The first-order chi connectivity index (χ1) is 10.4. The Morgan fingerprint density at radius 1 is 1.00 bits per heavy atom. The van der Waals surface area contributed by atoms with Gasteiger partial charge in [0.15, 0.2) is 0 Å². The Kier molecular flexibility index (Phi) is 6.81. The third kappa shape index (κ3) is 4.60. The molecular weight excluding hydrogens is 258 g/mol. The lowest BCUT2D eigenvalue weighted by Gasteiger charge is -2.15. The summed E-state index contributed by atoms with van der Waals surface area (Å²) in [6.45, 7) is 2.27. The summed E-state index contributed by atoms with van der Waals surface area (Å²) < 4.78 is 5.66. The maximum absolute atomic E-state index is 5.66. The highest BCUT2D eigenvalue weighted by atomic mass is 16.3. The average Bonchev–Trinajstić information content (AvgIpc) is 2.94. The van der Waals surface area contributed by atoms with Gasteiger partial charge in [0, 0.05) is 17.0 Å². The van der Waals surface area contributed by atoms with Crippen molar-refractivity contribution in [2.75, 3.05) is 7.05 Å². The van der Waals surface area contributed by atoms with Gasteiger partial charge in [-0.1, -0.05) is 70.1 Å². The minimum absolute atomic E-state index is 0.407. The smallest absolute Gasteiger partial charge is 0.134 e. The number of fused-ring (bicyclic) bond motifs is 1. The van der Waals surface area contributed by atoms with Gasteiger partial charge in [-0.25, -0.2) is 0 Å². The lowest BCUT2D eigenvalue weighted by molar-refractivity contribution is 0.491. The van der Waals surface area contributed by atoms with E-state index in [0.29, 0.717) is 6.04 Å². The van der Waals surface area contributed by atoms with Crippen LogP contribution in [0.4, 0.5) is 0 Å². The molecule has 0 aliphatic carbocycles. The van der Waals surface area contributed by atoms with Crippen LogP contribution in [-0.4, -0.2) is 7.05 Å². The molecule has 21 heavy (non-hydrogen) atoms. The van der Waals surface area contributed by atoms with Gasteiger partial charge in [0.2, 0.25) is 0 Å². The molecule has 1 heterocycles. The van der Waals surface area contributed by atoms with E-state index in [9.17, 15) is 0 Å². The van der Waals surface area contributed by atoms with Crippen LogP contribution < -0.4 is 5.32 Å². The SMILES string of the molecule is CCCCCCCCCC(NC)c1coc2ccccc12. The first-order valence-corrected chi connectivity index (χ1v) is 8.50. The molecular formula is C19H29NO. The van der Waals surface area contributed by atoms with Gasteiger partial charge < -0.3 is 9.73 Å². The highest BCUT2D eigenvalue weighted by Gasteiger charge is 2.14. The van der Waals surface area contributed by atoms with Crippen LogP contribution in [-0.2, 0) is 0 Å². The second-order valence-electron chi connectivity index (χ2n) is 5.94. The number of unbranched alkanes of at least 4 members (excludes halogenated alkanes) is 6. The Morgan fingerprint density at radius 2 is 1.71 bits per heavy atom. The first-order valence-electron chi connectivity index (χ1n) is 8.50. The van der Waals surface area contributed by atoms with Crippen molar-refractivity contribution in [3.63, 3.8) is 0 Å². The third-order valence-electron chi connectivity index (χ3n) is 4.33. The van der Waals surface area contributed by atoms with Crippen LogP contribution in [0.5, 0.6) is 0 Å². The molecule has 1 N–H and O–H groups in total. The molecule has 2 heteroatoms. The van der Waals surface area contributed by atoms with Gasteiger partial charge >= 0.3 is 0 Å². The normalized spacial score (nSPS) is 12.9. The molecule has 1 aromatic heterocycles. The number of hydrogen-bond donors (Lipinski definition) is 1. The zero-order chi connectivity index (χ0) is 14.9. The minimum atomic E-state index is 0.407. The fraction of sp³-hybridized carbons (Fsp3) is 0.579. The maximum atomic E-state index is 5.66. The molecule has 1 unspecified atom stereocenters. The van der Waals surface area contributed by atoms with Crippen molar-refractivity contribution >= 4 is 11.0 Å². The van der Waals surface area contributed by atoms with E-state index in [1.165, 1.54) is 62.3 Å². The fourth-order valence-electron chi connectivity index (χ4n) is 3.03. The van der Waals surface area contributed by atoms with Gasteiger partial charge in [0.05, 0.1) is 6.26 Å². The number of para-hydroxylation sites is 1. The fourth-order valence-corrected chi connectivity index (χ4v) is 3.03. The van der Waals surface area contributed by atoms with Gasteiger partial charge in [0.1, 0.15) is 5.58 Å². The van der Waals surface area contributed by atoms with Crippen LogP contribution in [0.1, 0.15) is 69.9 Å². The van der Waals surface area contributed by atoms with Gasteiger partial charge in [-0.05, 0) is 19.5 Å². The largest absolute Gasteiger partial charge is 0.464 e. The topological polar surface area (TPSA) is 25.2 Å². The van der Waals surface area contributed by atoms with Crippen LogP contribution >= 0.6 is 0 Å². The summed E-state index contributed by atoms with van der Waals surface area (Å²) >= 11 is 0. The van der Waals surface area contributed by atoms with Crippen LogP contribution in [0.2, 0.25) is 0 Å². The van der Waals surface area contributed by atoms with Gasteiger partial charge in [0.25, 0.3) is 0 Å². The molecule has 2 nitrogen and oxygen atoms in total. The summed E-state index contributed by atoms with van der Waals surface area (Å²) in [7, 11) is 2.05. The molecule has 1 atom stereocenters. The lowest BCUT2D eigenvalue weighted by Crippen LogP contribution is -2.15. The van der Waals surface area contributed by atoms with Crippen molar-refractivity contribution in [3.8, 4) is 0 Å². The Morgan fingerprint density at radius 3 is 2.48 bits per heavy atom. The summed E-state index contributed by atoms with van der Waals surface area (Å²) in [5.74, 6) is 0. The van der Waals surface area contributed by atoms with Crippen molar-refractivity contribution in [2.24, 2.45) is 0 Å². The molecule has 1 aromatic carbocycles. The van der Waals surface area contributed by atoms with Crippen LogP contribution in [0, 0.1) is 0 Å². The van der Waals surface area contributed by atoms with Crippen LogP contribution in [0.15, 0.2) is 34.9 Å². The second-order valence-corrected chi connectivity index (χ2v) is 5.94. The zero-order valence-corrected chi connectivity index (χ0v) is 13.5. The van der Waals surface area contributed by atoms with Crippen molar-refractivity contribution in [3.05, 3.63) is 36.1 Å². The van der Waals surface area contributed by atoms with Crippen molar-refractivity contribution in [2.45, 2.75) is 64.3 Å². The standard InChI is InChI=1S/C19H29NO/c1-3-4-5-6-7-8-9-13-18(20-2)17-15-21-19-14-11-10-12-16(17)19/h10-12,14-15,18,20H,3-9,13H2,1-2H3. The van der Waals surface area contributed by atoms with E-state index in [-0.39, 0.29) is 0 Å². The number of rotatable bonds is 10. The van der Waals surface area contributed by atoms with E-state index in [4.69, 9.17) is 4.42 Å². The average molecular weight is 287 g/mol. The molecule has 0 fully saturated rings. The molecule has 0 aliphatic rings. The van der Waals surface area contributed by atoms with Crippen LogP contribution in [0.3, 0.4) is 0 Å². The number of hydrogen-bond acceptors (Lipinski definition) is 2. The van der Waals surface area contributed by atoms with Gasteiger partial charge in [-0.15, -0.1) is 0 Å². The predicted molar refractivity (Wildman–Crippen MR) is 90.6 cm³/mol. The Labute approximate surface area is 128 Å². The molecule has 0 saturated heterocycles. The molecule has 0 bridgehead atoms. The molecule has 0 spiro atoms. The van der Waals surface area contributed by atoms with E-state index < -0.39 is 0 Å². The molecule has 0 radical (unpaired) electrons.